The van der Waals surface area contributed by atoms with Crippen LogP contribution in [0.5, 0.6) is 0 Å². The minimum Gasteiger partial charge on any atom is -0.289 e. The summed E-state index contributed by atoms with van der Waals surface area (Å²) in [6.07, 6.45) is 1.28. The van der Waals surface area contributed by atoms with Crippen LogP contribution in [0.2, 0.25) is 0 Å². The molecule has 0 fully saturated rings. The minimum absolute atomic E-state index is 0.0224. The fourth-order valence-electron chi connectivity index (χ4n) is 6.21. The second kappa shape index (κ2) is 11.6. The number of nitrogens with zero attached hydrogens (tertiary/aromatic N) is 5. The normalized spacial score (nSPS) is 22.4. The molecular formula is C35H41N5O2. The Labute approximate surface area is 249 Å². The maximum absolute atomic E-state index is 13.9. The van der Waals surface area contributed by atoms with E-state index in [1.54, 1.807) is 9.80 Å². The first-order chi connectivity index (χ1) is 20.0. The summed E-state index contributed by atoms with van der Waals surface area (Å²) in [4.78, 5) is 46.4. The van der Waals surface area contributed by atoms with Gasteiger partial charge in [-0.1, -0.05) is 94.4 Å². The highest BCUT2D eigenvalue weighted by Crippen LogP contribution is 2.34. The molecule has 0 N–H and O–H groups in total. The largest absolute Gasteiger partial charge is 0.289 e. The number of hydrogen-bond acceptors (Lipinski definition) is 5. The van der Waals surface area contributed by atoms with Crippen molar-refractivity contribution in [2.75, 3.05) is 0 Å². The molecule has 2 unspecified atom stereocenters. The van der Waals surface area contributed by atoms with Crippen molar-refractivity contribution in [2.24, 2.45) is 21.8 Å². The van der Waals surface area contributed by atoms with Crippen LogP contribution in [0.1, 0.15) is 76.9 Å². The number of amides is 2. The van der Waals surface area contributed by atoms with Gasteiger partial charge in [0.05, 0.1) is 13.1 Å². The molecule has 0 spiro atoms. The molecule has 0 saturated carbocycles. The lowest BCUT2D eigenvalue weighted by Crippen LogP contribution is -2.42. The van der Waals surface area contributed by atoms with Gasteiger partial charge in [0.15, 0.2) is 11.7 Å². The zero-order chi connectivity index (χ0) is 30.1. The molecule has 2 aromatic carbocycles. The molecule has 2 aliphatic heterocycles. The summed E-state index contributed by atoms with van der Waals surface area (Å²) in [5.41, 5.74) is 1.49. The van der Waals surface area contributed by atoms with Crippen molar-refractivity contribution in [1.29, 1.82) is 0 Å². The Morgan fingerprint density at radius 1 is 0.595 bits per heavy atom. The number of benzene rings is 2. The molecule has 1 aromatic heterocycles. The molecule has 3 aromatic rings. The third kappa shape index (κ3) is 5.91. The topological polar surface area (TPSA) is 78.2 Å². The molecule has 2 aliphatic rings. The van der Waals surface area contributed by atoms with Crippen LogP contribution >= 0.6 is 0 Å². The van der Waals surface area contributed by atoms with E-state index in [-0.39, 0.29) is 11.8 Å². The Balaban J connectivity index is 1.56. The van der Waals surface area contributed by atoms with Crippen LogP contribution in [0.15, 0.2) is 88.8 Å². The molecule has 218 valence electrons. The van der Waals surface area contributed by atoms with Crippen molar-refractivity contribution < 1.29 is 9.59 Å². The number of aromatic nitrogens is 1. The second-order valence-corrected chi connectivity index (χ2v) is 12.8. The molecule has 2 atom stereocenters. The van der Waals surface area contributed by atoms with Gasteiger partial charge in [-0.2, -0.15) is 0 Å². The van der Waals surface area contributed by atoms with Gasteiger partial charge in [-0.15, -0.1) is 0 Å². The first-order valence-electron chi connectivity index (χ1n) is 14.9. The van der Waals surface area contributed by atoms with Crippen LogP contribution in [0.25, 0.3) is 0 Å². The Kier molecular flexibility index (Phi) is 8.13. The molecule has 0 aliphatic carbocycles. The molecule has 0 saturated heterocycles. The average molecular weight is 564 g/mol. The van der Waals surface area contributed by atoms with Gasteiger partial charge in [-0.05, 0) is 61.8 Å². The van der Waals surface area contributed by atoms with Crippen LogP contribution in [0.4, 0.5) is 0 Å². The smallest absolute Gasteiger partial charge is 0.256 e. The van der Waals surface area contributed by atoms with Gasteiger partial charge >= 0.3 is 0 Å². The van der Waals surface area contributed by atoms with Crippen LogP contribution in [0.3, 0.4) is 0 Å². The number of rotatable bonds is 10. The first kappa shape index (κ1) is 29.4. The van der Waals surface area contributed by atoms with Crippen molar-refractivity contribution in [2.45, 2.75) is 78.6 Å². The van der Waals surface area contributed by atoms with Gasteiger partial charge in [-0.25, -0.2) is 15.0 Å². The zero-order valence-electron chi connectivity index (χ0n) is 25.5. The van der Waals surface area contributed by atoms with E-state index in [9.17, 15) is 9.59 Å². The summed E-state index contributed by atoms with van der Waals surface area (Å²) in [7, 11) is 0. The minimum atomic E-state index is -0.869. The number of amidine groups is 2. The highest BCUT2D eigenvalue weighted by atomic mass is 16.2. The Bertz CT molecular complexity index is 1400. The van der Waals surface area contributed by atoms with Gasteiger partial charge in [0.1, 0.15) is 22.5 Å². The molecule has 7 heteroatoms. The Morgan fingerprint density at radius 3 is 1.33 bits per heavy atom. The van der Waals surface area contributed by atoms with E-state index in [1.807, 2.05) is 92.7 Å². The van der Waals surface area contributed by atoms with E-state index in [2.05, 4.69) is 27.7 Å². The maximum Gasteiger partial charge on any atom is 0.256 e. The van der Waals surface area contributed by atoms with E-state index < -0.39 is 11.1 Å². The van der Waals surface area contributed by atoms with Crippen molar-refractivity contribution >= 4 is 23.5 Å². The van der Waals surface area contributed by atoms with Gasteiger partial charge in [0, 0.05) is 0 Å². The summed E-state index contributed by atoms with van der Waals surface area (Å²) in [6.45, 7) is 13.1. The molecular weight excluding hydrogens is 522 g/mol. The fourth-order valence-corrected chi connectivity index (χ4v) is 6.21. The van der Waals surface area contributed by atoms with Crippen molar-refractivity contribution in [3.05, 3.63) is 101 Å². The molecule has 5 rings (SSSR count). The van der Waals surface area contributed by atoms with Crippen LogP contribution in [-0.2, 0) is 22.7 Å². The van der Waals surface area contributed by atoms with E-state index in [0.29, 0.717) is 60.8 Å². The van der Waals surface area contributed by atoms with Crippen LogP contribution in [0, 0.1) is 11.8 Å². The van der Waals surface area contributed by atoms with Crippen molar-refractivity contribution in [3.63, 3.8) is 0 Å². The third-order valence-electron chi connectivity index (χ3n) is 7.81. The van der Waals surface area contributed by atoms with E-state index in [1.165, 1.54) is 0 Å². The Morgan fingerprint density at radius 2 is 0.976 bits per heavy atom. The zero-order valence-corrected chi connectivity index (χ0v) is 25.5. The summed E-state index contributed by atoms with van der Waals surface area (Å²) in [6, 6.07) is 25.6. The Hall–Kier alpha value is -4.13. The molecule has 3 heterocycles. The standard InChI is InChI=1S/C35H41N5O2/c1-24(2)20-34(5)32(41)39(22-26-14-9-7-10-15-26)30(37-34)28-18-13-19-29(36-28)31-38-35(6,21-25(3)4)33(42)40(31)23-27-16-11-8-12-17-27/h7-19,24-25H,20-23H2,1-6H3. The fraction of sp³-hybridized carbons (Fsp3) is 0.400. The summed E-state index contributed by atoms with van der Waals surface area (Å²) < 4.78 is 0. The van der Waals surface area contributed by atoms with Gasteiger partial charge in [-0.3, -0.25) is 19.4 Å². The molecule has 0 bridgehead atoms. The maximum atomic E-state index is 13.9. The number of hydrogen-bond donors (Lipinski definition) is 0. The number of carbonyl (C=O) groups excluding carboxylic acids is 2. The predicted molar refractivity (Wildman–Crippen MR) is 167 cm³/mol. The molecule has 2 amide bonds. The first-order valence-corrected chi connectivity index (χ1v) is 14.9. The lowest BCUT2D eigenvalue weighted by atomic mass is 9.91. The lowest BCUT2D eigenvalue weighted by molar-refractivity contribution is -0.132. The number of aliphatic imine (C=N–C) groups is 2. The summed E-state index contributed by atoms with van der Waals surface area (Å²) in [5.74, 6) is 1.65. The predicted octanol–water partition coefficient (Wildman–Crippen LogP) is 6.27. The van der Waals surface area contributed by atoms with Gasteiger partial charge < -0.3 is 0 Å². The van der Waals surface area contributed by atoms with Crippen LogP contribution < -0.4 is 0 Å². The van der Waals surface area contributed by atoms with E-state index >= 15 is 0 Å². The molecule has 0 radical (unpaired) electrons. The highest BCUT2D eigenvalue weighted by molar-refractivity contribution is 6.16. The van der Waals surface area contributed by atoms with Gasteiger partial charge in [0.25, 0.3) is 11.8 Å². The van der Waals surface area contributed by atoms with Crippen molar-refractivity contribution in [1.82, 2.24) is 14.8 Å². The number of pyridine rings is 1. The highest BCUT2D eigenvalue weighted by Gasteiger charge is 2.47. The van der Waals surface area contributed by atoms with Crippen LogP contribution in [-0.4, -0.2) is 49.3 Å². The third-order valence-corrected chi connectivity index (χ3v) is 7.81. The summed E-state index contributed by atoms with van der Waals surface area (Å²) in [5, 5.41) is 0. The van der Waals surface area contributed by atoms with Gasteiger partial charge in [0.2, 0.25) is 0 Å². The second-order valence-electron chi connectivity index (χ2n) is 12.8. The molecule has 42 heavy (non-hydrogen) atoms. The van der Waals surface area contributed by atoms with Crippen molar-refractivity contribution in [3.8, 4) is 0 Å². The van der Waals surface area contributed by atoms with E-state index in [0.717, 1.165) is 11.1 Å². The SMILES string of the molecule is CC(C)CC1(C)N=C(c2cccc(C3=NC(C)(CC(C)C)C(=O)N3Cc3ccccc3)n2)N(Cc2ccccc2)C1=O. The summed E-state index contributed by atoms with van der Waals surface area (Å²) >= 11 is 0. The quantitative estimate of drug-likeness (QED) is 0.292. The number of carbonyl (C=O) groups is 2. The molecule has 7 nitrogen and oxygen atoms in total. The van der Waals surface area contributed by atoms with E-state index in [4.69, 9.17) is 15.0 Å². The average Bonchev–Trinajstić information content (AvgIpc) is 3.33. The monoisotopic (exact) mass is 563 g/mol. The lowest BCUT2D eigenvalue weighted by Gasteiger charge is -2.25.